The molecule has 1 aromatic heterocycles. The third-order valence-electron chi connectivity index (χ3n) is 5.11. The summed E-state index contributed by atoms with van der Waals surface area (Å²) in [5.74, 6) is -1.62. The zero-order chi connectivity index (χ0) is 23.6. The maximum Gasteiger partial charge on any atom is 0.336 e. The molecule has 0 unspecified atom stereocenters. The molecular formula is C24H19Cl2N3O3. The molecule has 0 fully saturated rings. The second kappa shape index (κ2) is 9.31. The van der Waals surface area contributed by atoms with Crippen LogP contribution < -0.4 is 5.32 Å². The van der Waals surface area contributed by atoms with Crippen molar-refractivity contribution < 1.29 is 14.7 Å². The molecule has 0 spiro atoms. The number of hydrogen-bond donors (Lipinski definition) is 2. The zero-order valence-corrected chi connectivity index (χ0v) is 19.0. The van der Waals surface area contributed by atoms with E-state index in [0.717, 1.165) is 11.4 Å². The lowest BCUT2D eigenvalue weighted by atomic mass is 10.1. The summed E-state index contributed by atoms with van der Waals surface area (Å²) in [5.41, 5.74) is 3.98. The molecule has 2 aromatic carbocycles. The first-order chi connectivity index (χ1) is 15.1. The smallest absolute Gasteiger partial charge is 0.336 e. The van der Waals surface area contributed by atoms with Crippen LogP contribution in [0.4, 0.5) is 5.69 Å². The van der Waals surface area contributed by atoms with Crippen molar-refractivity contribution in [2.45, 2.75) is 20.8 Å². The summed E-state index contributed by atoms with van der Waals surface area (Å²) in [6.45, 7) is 5.46. The Morgan fingerprint density at radius 3 is 2.47 bits per heavy atom. The number of nitrogens with zero attached hydrogens (tertiary/aromatic N) is 2. The van der Waals surface area contributed by atoms with Gasteiger partial charge in [-0.05, 0) is 68.3 Å². The van der Waals surface area contributed by atoms with Gasteiger partial charge in [-0.3, -0.25) is 4.79 Å². The minimum absolute atomic E-state index is 0.114. The van der Waals surface area contributed by atoms with Gasteiger partial charge in [-0.1, -0.05) is 35.3 Å². The van der Waals surface area contributed by atoms with Crippen molar-refractivity contribution in [2.24, 2.45) is 0 Å². The Balaban J connectivity index is 2.01. The van der Waals surface area contributed by atoms with Crippen LogP contribution in [0.15, 0.2) is 48.0 Å². The van der Waals surface area contributed by atoms with Crippen molar-refractivity contribution in [1.82, 2.24) is 4.57 Å². The number of carbonyl (C=O) groups excluding carboxylic acids is 1. The molecule has 0 aliphatic heterocycles. The molecule has 0 atom stereocenters. The third-order valence-corrected chi connectivity index (χ3v) is 5.93. The van der Waals surface area contributed by atoms with Gasteiger partial charge in [0.1, 0.15) is 11.6 Å². The number of halogens is 2. The normalized spacial score (nSPS) is 11.2. The second-order valence-corrected chi connectivity index (χ2v) is 7.93. The number of nitriles is 1. The first-order valence-electron chi connectivity index (χ1n) is 9.55. The lowest BCUT2D eigenvalue weighted by Gasteiger charge is -2.14. The summed E-state index contributed by atoms with van der Waals surface area (Å²) in [7, 11) is 0. The molecule has 32 heavy (non-hydrogen) atoms. The minimum atomic E-state index is -1.00. The maximum atomic E-state index is 12.7. The first kappa shape index (κ1) is 23.1. The fraction of sp³-hybridized carbons (Fsp3) is 0.125. The quantitative estimate of drug-likeness (QED) is 0.357. The van der Waals surface area contributed by atoms with Gasteiger partial charge in [0.25, 0.3) is 5.91 Å². The van der Waals surface area contributed by atoms with E-state index in [4.69, 9.17) is 23.2 Å². The molecule has 8 heteroatoms. The molecule has 0 radical (unpaired) electrons. The predicted octanol–water partition coefficient (Wildman–Crippen LogP) is 5.95. The van der Waals surface area contributed by atoms with Crippen molar-refractivity contribution in [3.05, 3.63) is 86.2 Å². The molecule has 2 N–H and O–H groups in total. The van der Waals surface area contributed by atoms with Gasteiger partial charge >= 0.3 is 5.97 Å². The Bertz CT molecular complexity index is 1320. The molecule has 6 nitrogen and oxygen atoms in total. The van der Waals surface area contributed by atoms with Crippen molar-refractivity contribution in [3.63, 3.8) is 0 Å². The molecule has 0 aliphatic carbocycles. The topological polar surface area (TPSA) is 95.1 Å². The van der Waals surface area contributed by atoms with Crippen molar-refractivity contribution in [3.8, 4) is 11.8 Å². The molecule has 162 valence electrons. The van der Waals surface area contributed by atoms with Crippen LogP contribution in [-0.4, -0.2) is 21.6 Å². The monoisotopic (exact) mass is 467 g/mol. The summed E-state index contributed by atoms with van der Waals surface area (Å²) < 4.78 is 1.90. The van der Waals surface area contributed by atoms with Gasteiger partial charge in [-0.15, -0.1) is 0 Å². The van der Waals surface area contributed by atoms with Gasteiger partial charge in [-0.2, -0.15) is 5.26 Å². The van der Waals surface area contributed by atoms with Gasteiger partial charge in [0, 0.05) is 17.1 Å². The molecular weight excluding hydrogens is 449 g/mol. The van der Waals surface area contributed by atoms with Gasteiger partial charge in [0.2, 0.25) is 0 Å². The van der Waals surface area contributed by atoms with Crippen molar-refractivity contribution in [1.29, 1.82) is 5.26 Å². The summed E-state index contributed by atoms with van der Waals surface area (Å²) in [5, 5.41) is 22.1. The van der Waals surface area contributed by atoms with E-state index in [0.29, 0.717) is 22.5 Å². The highest BCUT2D eigenvalue weighted by Gasteiger charge is 2.18. The van der Waals surface area contributed by atoms with Crippen LogP contribution in [-0.2, 0) is 4.79 Å². The van der Waals surface area contributed by atoms with E-state index >= 15 is 0 Å². The molecule has 0 bridgehead atoms. The number of aryl methyl sites for hydroxylation is 1. The Labute approximate surface area is 195 Å². The van der Waals surface area contributed by atoms with Gasteiger partial charge < -0.3 is 15.0 Å². The minimum Gasteiger partial charge on any atom is -0.478 e. The predicted molar refractivity (Wildman–Crippen MR) is 126 cm³/mol. The van der Waals surface area contributed by atoms with E-state index in [1.165, 1.54) is 6.08 Å². The summed E-state index contributed by atoms with van der Waals surface area (Å²) in [6.07, 6.45) is 1.49. The molecule has 0 saturated heterocycles. The molecule has 3 rings (SSSR count). The van der Waals surface area contributed by atoms with Gasteiger partial charge in [-0.25, -0.2) is 4.79 Å². The summed E-state index contributed by atoms with van der Waals surface area (Å²) in [6, 6.07) is 13.6. The van der Waals surface area contributed by atoms with Crippen LogP contribution in [0.2, 0.25) is 10.0 Å². The van der Waals surface area contributed by atoms with Gasteiger partial charge in [0.05, 0.1) is 21.3 Å². The largest absolute Gasteiger partial charge is 0.478 e. The second-order valence-electron chi connectivity index (χ2n) is 7.14. The van der Waals surface area contributed by atoms with Crippen LogP contribution >= 0.6 is 23.2 Å². The zero-order valence-electron chi connectivity index (χ0n) is 17.5. The number of hydrogen-bond acceptors (Lipinski definition) is 3. The number of aromatic carboxylic acids is 1. The fourth-order valence-electron chi connectivity index (χ4n) is 3.50. The Hall–Kier alpha value is -3.53. The van der Waals surface area contributed by atoms with Crippen LogP contribution in [0.5, 0.6) is 0 Å². The first-order valence-corrected chi connectivity index (χ1v) is 10.3. The number of anilines is 1. The molecule has 0 saturated carbocycles. The number of carboxylic acids is 1. The van der Waals surface area contributed by atoms with E-state index in [9.17, 15) is 20.0 Å². The number of carbonyl (C=O) groups is 2. The highest BCUT2D eigenvalue weighted by atomic mass is 35.5. The average Bonchev–Trinajstić information content (AvgIpc) is 3.02. The highest BCUT2D eigenvalue weighted by molar-refractivity contribution is 6.44. The van der Waals surface area contributed by atoms with Crippen LogP contribution in [0.3, 0.4) is 0 Å². The van der Waals surface area contributed by atoms with Crippen molar-refractivity contribution >= 4 is 46.8 Å². The number of rotatable bonds is 5. The number of aromatic nitrogens is 1. The lowest BCUT2D eigenvalue weighted by Crippen LogP contribution is -2.13. The Morgan fingerprint density at radius 2 is 1.81 bits per heavy atom. The SMILES string of the molecule is Cc1c(C(=O)O)cccc1-n1c(C)cc(/C=C(/C#N)C(=O)Nc2cccc(Cl)c2Cl)c1C. The number of carboxylic acid groups (broad SMARTS) is 1. The third kappa shape index (κ3) is 4.40. The average molecular weight is 468 g/mol. The van der Waals surface area contributed by atoms with E-state index in [-0.39, 0.29) is 21.2 Å². The van der Waals surface area contributed by atoms with Crippen LogP contribution in [0.1, 0.15) is 32.9 Å². The van der Waals surface area contributed by atoms with Crippen LogP contribution in [0.25, 0.3) is 11.8 Å². The van der Waals surface area contributed by atoms with E-state index in [2.05, 4.69) is 5.32 Å². The lowest BCUT2D eigenvalue weighted by molar-refractivity contribution is -0.112. The van der Waals surface area contributed by atoms with Crippen molar-refractivity contribution in [2.75, 3.05) is 5.32 Å². The van der Waals surface area contributed by atoms with Crippen LogP contribution in [0, 0.1) is 32.1 Å². The number of nitrogens with one attached hydrogen (secondary N) is 1. The molecule has 3 aromatic rings. The van der Waals surface area contributed by atoms with E-state index in [1.807, 2.05) is 36.6 Å². The summed E-state index contributed by atoms with van der Waals surface area (Å²) >= 11 is 12.1. The fourth-order valence-corrected chi connectivity index (χ4v) is 3.84. The number of amides is 1. The molecule has 1 amide bonds. The maximum absolute atomic E-state index is 12.7. The molecule has 1 heterocycles. The Morgan fingerprint density at radius 1 is 1.12 bits per heavy atom. The molecule has 0 aliphatic rings. The standard InChI is InChI=1S/C24H19Cl2N3O3/c1-13-10-16(15(3)29(13)21-9-4-6-18(14(21)2)24(31)32)11-17(12-27)23(30)28-20-8-5-7-19(25)22(20)26/h4-11H,1-3H3,(H,28,30)(H,31,32)/b17-11-. The van der Waals surface area contributed by atoms with E-state index < -0.39 is 11.9 Å². The van der Waals surface area contributed by atoms with Gasteiger partial charge in [0.15, 0.2) is 0 Å². The van der Waals surface area contributed by atoms with E-state index in [1.54, 1.807) is 37.3 Å². The number of benzene rings is 2. The Kier molecular flexibility index (Phi) is 6.73. The highest BCUT2D eigenvalue weighted by Crippen LogP contribution is 2.30. The summed E-state index contributed by atoms with van der Waals surface area (Å²) in [4.78, 5) is 24.2.